The molecule has 0 amide bonds. The van der Waals surface area contributed by atoms with Crippen LogP contribution in [0.4, 0.5) is 19.7 Å². The van der Waals surface area contributed by atoms with Crippen LogP contribution < -0.4 is 11.1 Å². The van der Waals surface area contributed by atoms with Gasteiger partial charge in [-0.1, -0.05) is 47.7 Å². The molecule has 1 saturated heterocycles. The fourth-order valence-corrected chi connectivity index (χ4v) is 6.69. The van der Waals surface area contributed by atoms with E-state index in [9.17, 15) is 22.0 Å². The van der Waals surface area contributed by atoms with E-state index in [0.717, 1.165) is 29.0 Å². The number of halogens is 2. The number of nitrogens with one attached hydrogen (secondary N) is 1. The Balaban J connectivity index is 1.30. The van der Waals surface area contributed by atoms with Crippen molar-refractivity contribution in [1.29, 1.82) is 0 Å². The smallest absolute Gasteiger partial charge is 0.215 e. The molecule has 0 bridgehead atoms. The van der Waals surface area contributed by atoms with Gasteiger partial charge in [0, 0.05) is 32.2 Å². The van der Waals surface area contributed by atoms with Crippen molar-refractivity contribution in [1.82, 2.24) is 14.2 Å². The van der Waals surface area contributed by atoms with Gasteiger partial charge < -0.3 is 16.0 Å². The van der Waals surface area contributed by atoms with E-state index in [-0.39, 0.29) is 22.5 Å². The van der Waals surface area contributed by atoms with Gasteiger partial charge in [-0.3, -0.25) is 4.79 Å². The van der Waals surface area contributed by atoms with Gasteiger partial charge in [-0.2, -0.15) is 0 Å². The van der Waals surface area contributed by atoms with Gasteiger partial charge in [-0.05, 0) is 37.6 Å². The highest BCUT2D eigenvalue weighted by molar-refractivity contribution is 7.89. The predicted octanol–water partition coefficient (Wildman–Crippen LogP) is 3.57. The summed E-state index contributed by atoms with van der Waals surface area (Å²) in [6.07, 6.45) is 1.09. The molecule has 4 rings (SSSR count). The van der Waals surface area contributed by atoms with Crippen molar-refractivity contribution < 1.29 is 22.0 Å². The number of thiazole rings is 1. The lowest BCUT2D eigenvalue weighted by Gasteiger charge is -2.32. The molecule has 2 heterocycles. The average molecular weight is 550 g/mol. The number of carbonyl (C=O) groups excluding carboxylic acids is 1. The molecule has 198 valence electrons. The molecule has 2 aromatic carbocycles. The fraction of sp³-hybridized carbons (Fsp3) is 0.360. The Bertz CT molecular complexity index is 1320. The topological polar surface area (TPSA) is 109 Å². The summed E-state index contributed by atoms with van der Waals surface area (Å²) in [6.45, 7) is 1.81. The molecule has 0 atom stereocenters. The molecule has 1 aromatic heterocycles. The lowest BCUT2D eigenvalue weighted by atomic mass is 10.1. The van der Waals surface area contributed by atoms with Crippen LogP contribution in [-0.2, 0) is 16.6 Å². The Morgan fingerprint density at radius 3 is 2.43 bits per heavy atom. The number of piperidine rings is 1. The number of hydrogen-bond acceptors (Lipinski definition) is 8. The van der Waals surface area contributed by atoms with Crippen molar-refractivity contribution in [2.75, 3.05) is 43.5 Å². The van der Waals surface area contributed by atoms with Gasteiger partial charge in [0.15, 0.2) is 5.13 Å². The minimum Gasteiger partial charge on any atom is -0.382 e. The summed E-state index contributed by atoms with van der Waals surface area (Å²) in [5, 5.41) is 3.53. The number of hydrogen-bond donors (Lipinski definition) is 2. The van der Waals surface area contributed by atoms with Crippen molar-refractivity contribution in [2.24, 2.45) is 0 Å². The number of nitrogen functional groups attached to an aromatic ring is 1. The van der Waals surface area contributed by atoms with Crippen molar-refractivity contribution in [3.8, 4) is 0 Å². The van der Waals surface area contributed by atoms with Crippen LogP contribution in [0, 0.1) is 11.6 Å². The average Bonchev–Trinajstić information content (AvgIpc) is 3.23. The molecule has 3 aromatic rings. The first-order chi connectivity index (χ1) is 17.6. The third kappa shape index (κ3) is 6.69. The maximum absolute atomic E-state index is 14.0. The molecule has 0 radical (unpaired) electrons. The number of carbonyl (C=O) groups is 1. The number of anilines is 2. The Hall–Kier alpha value is -2.93. The van der Waals surface area contributed by atoms with Crippen LogP contribution >= 0.6 is 11.3 Å². The molecule has 0 unspecified atom stereocenters. The predicted molar refractivity (Wildman–Crippen MR) is 141 cm³/mol. The summed E-state index contributed by atoms with van der Waals surface area (Å²) in [7, 11) is -1.50. The SMILES string of the molecule is CN(CCS(=O)(=O)N1CCC(Nc2nc(N)c(C(=O)c3c(F)cccc3F)s2)CC1)Cc1ccccc1. The van der Waals surface area contributed by atoms with E-state index in [1.165, 1.54) is 10.4 Å². The van der Waals surface area contributed by atoms with Crippen LogP contribution in [0.15, 0.2) is 48.5 Å². The van der Waals surface area contributed by atoms with Crippen LogP contribution in [0.5, 0.6) is 0 Å². The van der Waals surface area contributed by atoms with Gasteiger partial charge in [0.1, 0.15) is 22.3 Å². The second kappa shape index (κ2) is 11.6. The summed E-state index contributed by atoms with van der Waals surface area (Å²) < 4.78 is 55.3. The highest BCUT2D eigenvalue weighted by atomic mass is 32.2. The fourth-order valence-electron chi connectivity index (χ4n) is 4.21. The molecule has 0 aliphatic carbocycles. The molecule has 37 heavy (non-hydrogen) atoms. The zero-order valence-corrected chi connectivity index (χ0v) is 22.0. The summed E-state index contributed by atoms with van der Waals surface area (Å²) in [4.78, 5) is 18.8. The van der Waals surface area contributed by atoms with E-state index in [4.69, 9.17) is 5.73 Å². The molecule has 0 spiro atoms. The minimum absolute atomic E-state index is 0.0372. The molecule has 1 fully saturated rings. The summed E-state index contributed by atoms with van der Waals surface area (Å²) >= 11 is 0.924. The van der Waals surface area contributed by atoms with Crippen LogP contribution in [0.25, 0.3) is 0 Å². The van der Waals surface area contributed by atoms with Gasteiger partial charge in [-0.15, -0.1) is 0 Å². The van der Waals surface area contributed by atoms with Crippen molar-refractivity contribution in [2.45, 2.75) is 25.4 Å². The van der Waals surface area contributed by atoms with Gasteiger partial charge in [0.05, 0.1) is 11.3 Å². The number of aromatic nitrogens is 1. The maximum atomic E-state index is 14.0. The highest BCUT2D eigenvalue weighted by Gasteiger charge is 2.29. The number of nitrogens with zero attached hydrogens (tertiary/aromatic N) is 3. The lowest BCUT2D eigenvalue weighted by molar-refractivity contribution is 0.103. The Kier molecular flexibility index (Phi) is 8.53. The highest BCUT2D eigenvalue weighted by Crippen LogP contribution is 2.30. The summed E-state index contributed by atoms with van der Waals surface area (Å²) in [6, 6.07) is 13.0. The first-order valence-corrected chi connectivity index (χ1v) is 14.3. The molecule has 1 aliphatic rings. The zero-order valence-electron chi connectivity index (χ0n) is 20.4. The van der Waals surface area contributed by atoms with Crippen molar-refractivity contribution >= 4 is 38.1 Å². The number of ketones is 1. The second-order valence-electron chi connectivity index (χ2n) is 9.02. The van der Waals surface area contributed by atoms with E-state index in [0.29, 0.717) is 44.2 Å². The van der Waals surface area contributed by atoms with Gasteiger partial charge in [0.2, 0.25) is 15.8 Å². The third-order valence-electron chi connectivity index (χ3n) is 6.25. The number of nitrogens with two attached hydrogens (primary N) is 1. The molecule has 12 heteroatoms. The van der Waals surface area contributed by atoms with E-state index in [1.807, 2.05) is 42.3 Å². The van der Waals surface area contributed by atoms with Crippen LogP contribution in [-0.4, -0.2) is 66.9 Å². The normalized spacial score (nSPS) is 15.2. The second-order valence-corrected chi connectivity index (χ2v) is 12.1. The Morgan fingerprint density at radius 1 is 1.14 bits per heavy atom. The van der Waals surface area contributed by atoms with Gasteiger partial charge in [0.25, 0.3) is 0 Å². The van der Waals surface area contributed by atoms with Crippen molar-refractivity contribution in [3.63, 3.8) is 0 Å². The molecule has 8 nitrogen and oxygen atoms in total. The number of benzene rings is 2. The molecule has 0 saturated carbocycles. The molecule has 1 aliphatic heterocycles. The maximum Gasteiger partial charge on any atom is 0.215 e. The molecular weight excluding hydrogens is 520 g/mol. The standard InChI is InChI=1S/C25H29F2N5O3S2/c1-31(16-17-6-3-2-4-7-17)14-15-37(34,35)32-12-10-18(11-13-32)29-25-30-24(28)23(36-25)22(33)21-19(26)8-5-9-20(21)27/h2-9,18H,10-16,28H2,1H3,(H,29,30). The number of rotatable bonds is 10. The van der Waals surface area contributed by atoms with Gasteiger partial charge in [-0.25, -0.2) is 26.5 Å². The summed E-state index contributed by atoms with van der Waals surface area (Å²) in [5.41, 5.74) is 6.33. The monoisotopic (exact) mass is 549 g/mol. The van der Waals surface area contributed by atoms with Crippen LogP contribution in [0.1, 0.15) is 33.6 Å². The molecular formula is C25H29F2N5O3S2. The van der Waals surface area contributed by atoms with Crippen molar-refractivity contribution in [3.05, 3.63) is 76.2 Å². The van der Waals surface area contributed by atoms with E-state index in [1.54, 1.807) is 0 Å². The van der Waals surface area contributed by atoms with E-state index < -0.39 is 33.0 Å². The van der Waals surface area contributed by atoms with Crippen LogP contribution in [0.2, 0.25) is 0 Å². The zero-order chi connectivity index (χ0) is 26.6. The van der Waals surface area contributed by atoms with Crippen LogP contribution in [0.3, 0.4) is 0 Å². The first-order valence-electron chi connectivity index (χ1n) is 11.9. The van der Waals surface area contributed by atoms with E-state index in [2.05, 4.69) is 10.3 Å². The summed E-state index contributed by atoms with van der Waals surface area (Å²) in [5.74, 6) is -2.87. The van der Waals surface area contributed by atoms with Gasteiger partial charge >= 0.3 is 0 Å². The lowest BCUT2D eigenvalue weighted by Crippen LogP contribution is -2.44. The first kappa shape index (κ1) is 27.1. The number of sulfonamides is 1. The molecule has 3 N–H and O–H groups in total. The quantitative estimate of drug-likeness (QED) is 0.372. The Morgan fingerprint density at radius 2 is 1.78 bits per heavy atom. The minimum atomic E-state index is -3.40. The largest absolute Gasteiger partial charge is 0.382 e. The Labute approximate surface area is 219 Å². The van der Waals surface area contributed by atoms with E-state index >= 15 is 0 Å². The third-order valence-corrected chi connectivity index (χ3v) is 9.10.